The number of nitrogens with one attached hydrogen (secondary N) is 1. The summed E-state index contributed by atoms with van der Waals surface area (Å²) in [5, 5.41) is 21.0. The van der Waals surface area contributed by atoms with Crippen LogP contribution in [0.3, 0.4) is 0 Å². The summed E-state index contributed by atoms with van der Waals surface area (Å²) in [7, 11) is 0. The van der Waals surface area contributed by atoms with Gasteiger partial charge in [0.1, 0.15) is 11.5 Å². The van der Waals surface area contributed by atoms with Gasteiger partial charge in [0.2, 0.25) is 0 Å². The highest BCUT2D eigenvalue weighted by Gasteiger charge is 2.13. The van der Waals surface area contributed by atoms with Crippen LogP contribution in [0.25, 0.3) is 0 Å². The summed E-state index contributed by atoms with van der Waals surface area (Å²) >= 11 is 5.53. The normalized spacial score (nSPS) is 12.1. The smallest absolute Gasteiger partial charge is 0.255 e. The minimum absolute atomic E-state index is 0.0885. The van der Waals surface area contributed by atoms with Crippen molar-refractivity contribution in [3.8, 4) is 11.5 Å². The molecule has 0 aromatic heterocycles. The number of hydrogen-bond acceptors (Lipinski definition) is 3. The Balaban J connectivity index is 2.82. The monoisotopic (exact) mass is 229 g/mol. The van der Waals surface area contributed by atoms with E-state index in [-0.39, 0.29) is 23.1 Å². The molecule has 1 atom stereocenters. The fraction of sp³-hybridized carbons (Fsp3) is 0.300. The number of alkyl halides is 1. The fourth-order valence-electron chi connectivity index (χ4n) is 1.05. The Morgan fingerprint density at radius 3 is 2.73 bits per heavy atom. The first-order valence-electron chi connectivity index (χ1n) is 4.43. The summed E-state index contributed by atoms with van der Waals surface area (Å²) in [4.78, 5) is 11.5. The second kappa shape index (κ2) is 4.89. The van der Waals surface area contributed by atoms with Crippen molar-refractivity contribution in [3.63, 3.8) is 0 Å². The summed E-state index contributed by atoms with van der Waals surface area (Å²) in [6.45, 7) is 1.75. The average Bonchev–Trinajstić information content (AvgIpc) is 2.17. The first kappa shape index (κ1) is 11.7. The van der Waals surface area contributed by atoms with E-state index in [9.17, 15) is 9.90 Å². The zero-order chi connectivity index (χ0) is 11.4. The molecule has 0 saturated heterocycles. The van der Waals surface area contributed by atoms with Crippen LogP contribution in [0.2, 0.25) is 0 Å². The third-order valence-electron chi connectivity index (χ3n) is 1.83. The maximum absolute atomic E-state index is 11.5. The van der Waals surface area contributed by atoms with E-state index in [1.807, 2.05) is 0 Å². The van der Waals surface area contributed by atoms with Crippen molar-refractivity contribution in [2.45, 2.75) is 13.0 Å². The summed E-state index contributed by atoms with van der Waals surface area (Å²) < 4.78 is 0. The number of phenols is 2. The lowest BCUT2D eigenvalue weighted by molar-refractivity contribution is 0.0941. The number of halogens is 1. The molecule has 0 aliphatic heterocycles. The Kier molecular flexibility index (Phi) is 3.80. The molecule has 3 N–H and O–H groups in total. The Labute approximate surface area is 92.5 Å². The van der Waals surface area contributed by atoms with Crippen molar-refractivity contribution in [1.82, 2.24) is 5.32 Å². The van der Waals surface area contributed by atoms with Crippen molar-refractivity contribution in [2.24, 2.45) is 0 Å². The van der Waals surface area contributed by atoms with Gasteiger partial charge >= 0.3 is 0 Å². The van der Waals surface area contributed by atoms with Gasteiger partial charge in [-0.15, -0.1) is 11.6 Å². The van der Waals surface area contributed by atoms with Crippen LogP contribution in [0.15, 0.2) is 18.2 Å². The molecule has 0 spiro atoms. The van der Waals surface area contributed by atoms with E-state index in [2.05, 4.69) is 5.32 Å². The number of hydrogen-bond donors (Lipinski definition) is 3. The van der Waals surface area contributed by atoms with E-state index in [1.165, 1.54) is 12.1 Å². The third-order valence-corrected chi connectivity index (χ3v) is 2.30. The molecule has 5 heteroatoms. The van der Waals surface area contributed by atoms with Crippen molar-refractivity contribution in [2.75, 3.05) is 5.88 Å². The fourth-order valence-corrected chi connectivity index (χ4v) is 1.13. The largest absolute Gasteiger partial charge is 0.508 e. The second-order valence-electron chi connectivity index (χ2n) is 3.23. The lowest BCUT2D eigenvalue weighted by Crippen LogP contribution is -2.33. The van der Waals surface area contributed by atoms with Crippen LogP contribution in [-0.4, -0.2) is 28.0 Å². The molecule has 15 heavy (non-hydrogen) atoms. The molecule has 0 fully saturated rings. The van der Waals surface area contributed by atoms with E-state index in [0.29, 0.717) is 5.88 Å². The standard InChI is InChI=1S/C10H12ClNO3/c1-6(5-11)12-10(15)8-3-2-7(13)4-9(8)14/h2-4,6,13-14H,5H2,1H3,(H,12,15). The van der Waals surface area contributed by atoms with Crippen LogP contribution in [0.5, 0.6) is 11.5 Å². The molecule has 0 heterocycles. The quantitative estimate of drug-likeness (QED) is 0.688. The van der Waals surface area contributed by atoms with Crippen molar-refractivity contribution in [3.05, 3.63) is 23.8 Å². The van der Waals surface area contributed by atoms with Gasteiger partial charge in [-0.1, -0.05) is 0 Å². The van der Waals surface area contributed by atoms with Crippen LogP contribution in [0.1, 0.15) is 17.3 Å². The highest BCUT2D eigenvalue weighted by Crippen LogP contribution is 2.22. The minimum Gasteiger partial charge on any atom is -0.508 e. The summed E-state index contributed by atoms with van der Waals surface area (Å²) in [5.41, 5.74) is 0.116. The Morgan fingerprint density at radius 2 is 2.20 bits per heavy atom. The van der Waals surface area contributed by atoms with Crippen LogP contribution >= 0.6 is 11.6 Å². The lowest BCUT2D eigenvalue weighted by atomic mass is 10.1. The van der Waals surface area contributed by atoms with Gasteiger partial charge in [-0.05, 0) is 19.1 Å². The molecule has 1 aromatic rings. The van der Waals surface area contributed by atoms with Crippen LogP contribution in [-0.2, 0) is 0 Å². The molecule has 82 valence electrons. The van der Waals surface area contributed by atoms with Gasteiger partial charge < -0.3 is 15.5 Å². The molecular formula is C10H12ClNO3. The van der Waals surface area contributed by atoms with Crippen LogP contribution in [0, 0.1) is 0 Å². The highest BCUT2D eigenvalue weighted by atomic mass is 35.5. The summed E-state index contributed by atoms with van der Waals surface area (Å²) in [5.74, 6) is -0.464. The summed E-state index contributed by atoms with van der Waals surface area (Å²) in [6, 6.07) is 3.62. The van der Waals surface area contributed by atoms with Gasteiger partial charge in [0, 0.05) is 18.0 Å². The Morgan fingerprint density at radius 1 is 1.53 bits per heavy atom. The van der Waals surface area contributed by atoms with E-state index in [0.717, 1.165) is 6.07 Å². The highest BCUT2D eigenvalue weighted by molar-refractivity contribution is 6.18. The molecule has 1 unspecified atom stereocenters. The summed E-state index contributed by atoms with van der Waals surface area (Å²) in [6.07, 6.45) is 0. The zero-order valence-electron chi connectivity index (χ0n) is 8.20. The van der Waals surface area contributed by atoms with Gasteiger partial charge in [0.25, 0.3) is 5.91 Å². The van der Waals surface area contributed by atoms with E-state index < -0.39 is 5.91 Å². The lowest BCUT2D eigenvalue weighted by Gasteiger charge is -2.11. The molecule has 0 aliphatic rings. The molecule has 1 aromatic carbocycles. The maximum atomic E-state index is 11.5. The van der Waals surface area contributed by atoms with Gasteiger partial charge in [0.05, 0.1) is 5.56 Å². The number of rotatable bonds is 3. The first-order valence-corrected chi connectivity index (χ1v) is 4.97. The topological polar surface area (TPSA) is 69.6 Å². The first-order chi connectivity index (χ1) is 7.04. The number of carbonyl (C=O) groups excluding carboxylic acids is 1. The van der Waals surface area contributed by atoms with Gasteiger partial charge in [-0.3, -0.25) is 4.79 Å². The molecular weight excluding hydrogens is 218 g/mol. The van der Waals surface area contributed by atoms with Crippen LogP contribution < -0.4 is 5.32 Å². The third kappa shape index (κ3) is 3.02. The molecule has 1 rings (SSSR count). The minimum atomic E-state index is -0.416. The molecule has 1 amide bonds. The number of carbonyl (C=O) groups is 1. The van der Waals surface area contributed by atoms with Crippen molar-refractivity contribution in [1.29, 1.82) is 0 Å². The van der Waals surface area contributed by atoms with Crippen molar-refractivity contribution >= 4 is 17.5 Å². The Bertz CT molecular complexity index is 368. The molecule has 0 aliphatic carbocycles. The Hall–Kier alpha value is -1.42. The van der Waals surface area contributed by atoms with E-state index in [1.54, 1.807) is 6.92 Å². The number of aromatic hydroxyl groups is 2. The van der Waals surface area contributed by atoms with E-state index in [4.69, 9.17) is 16.7 Å². The van der Waals surface area contributed by atoms with Crippen molar-refractivity contribution < 1.29 is 15.0 Å². The molecule has 0 radical (unpaired) electrons. The SMILES string of the molecule is CC(CCl)NC(=O)c1ccc(O)cc1O. The predicted octanol–water partition coefficient (Wildman–Crippen LogP) is 1.45. The van der Waals surface area contributed by atoms with Crippen LogP contribution in [0.4, 0.5) is 0 Å². The number of benzene rings is 1. The molecule has 4 nitrogen and oxygen atoms in total. The van der Waals surface area contributed by atoms with Gasteiger partial charge in [-0.2, -0.15) is 0 Å². The zero-order valence-corrected chi connectivity index (χ0v) is 8.95. The second-order valence-corrected chi connectivity index (χ2v) is 3.54. The van der Waals surface area contributed by atoms with E-state index >= 15 is 0 Å². The maximum Gasteiger partial charge on any atom is 0.255 e. The molecule has 0 bridgehead atoms. The number of amides is 1. The molecule has 0 saturated carbocycles. The average molecular weight is 230 g/mol. The predicted molar refractivity (Wildman–Crippen MR) is 57.4 cm³/mol. The van der Waals surface area contributed by atoms with Gasteiger partial charge in [0.15, 0.2) is 0 Å². The number of phenolic OH excluding ortho intramolecular Hbond substituents is 2. The van der Waals surface area contributed by atoms with Gasteiger partial charge in [-0.25, -0.2) is 0 Å².